The quantitative estimate of drug-likeness (QED) is 0.676. The van der Waals surface area contributed by atoms with Gasteiger partial charge in [-0.3, -0.25) is 15.0 Å². The molecule has 3 rings (SSSR count). The SMILES string of the molecule is O=[N+]([O-])c1ccc(CNC2CCN3CCCC23)c(Br)c1. The van der Waals surface area contributed by atoms with Crippen LogP contribution in [0.1, 0.15) is 24.8 Å². The van der Waals surface area contributed by atoms with Gasteiger partial charge in [-0.1, -0.05) is 15.9 Å². The van der Waals surface area contributed by atoms with Crippen LogP contribution in [0.3, 0.4) is 0 Å². The van der Waals surface area contributed by atoms with E-state index in [1.807, 2.05) is 6.07 Å². The maximum atomic E-state index is 10.7. The average Bonchev–Trinajstić information content (AvgIpc) is 3.00. The molecule has 1 N–H and O–H groups in total. The first-order valence-corrected chi connectivity index (χ1v) is 7.85. The van der Waals surface area contributed by atoms with E-state index in [1.54, 1.807) is 12.1 Å². The van der Waals surface area contributed by atoms with Crippen molar-refractivity contribution in [3.05, 3.63) is 38.3 Å². The van der Waals surface area contributed by atoms with Gasteiger partial charge in [0.15, 0.2) is 0 Å². The van der Waals surface area contributed by atoms with Gasteiger partial charge in [0.2, 0.25) is 0 Å². The molecule has 0 spiro atoms. The van der Waals surface area contributed by atoms with Gasteiger partial charge < -0.3 is 5.32 Å². The molecule has 6 heteroatoms. The van der Waals surface area contributed by atoms with Crippen molar-refractivity contribution >= 4 is 21.6 Å². The van der Waals surface area contributed by atoms with Crippen LogP contribution in [0.2, 0.25) is 0 Å². The fraction of sp³-hybridized carbons (Fsp3) is 0.571. The number of nitrogens with one attached hydrogen (secondary N) is 1. The highest BCUT2D eigenvalue weighted by Gasteiger charge is 2.36. The minimum absolute atomic E-state index is 0.128. The predicted octanol–water partition coefficient (Wildman–Crippen LogP) is 2.68. The third kappa shape index (κ3) is 2.73. The zero-order valence-corrected chi connectivity index (χ0v) is 12.8. The molecule has 108 valence electrons. The van der Waals surface area contributed by atoms with E-state index < -0.39 is 0 Å². The molecule has 2 heterocycles. The predicted molar refractivity (Wildman–Crippen MR) is 80.6 cm³/mol. The van der Waals surface area contributed by atoms with Gasteiger partial charge in [0.05, 0.1) is 4.92 Å². The lowest BCUT2D eigenvalue weighted by Crippen LogP contribution is -2.38. The van der Waals surface area contributed by atoms with Crippen LogP contribution in [0.25, 0.3) is 0 Å². The van der Waals surface area contributed by atoms with Crippen LogP contribution < -0.4 is 5.32 Å². The number of non-ortho nitro benzene ring substituents is 1. The third-order valence-corrected chi connectivity index (χ3v) is 5.15. The Balaban J connectivity index is 1.62. The van der Waals surface area contributed by atoms with Gasteiger partial charge in [0.25, 0.3) is 5.69 Å². The second kappa shape index (κ2) is 5.79. The molecule has 0 aliphatic carbocycles. The largest absolute Gasteiger partial charge is 0.308 e. The average molecular weight is 340 g/mol. The summed E-state index contributed by atoms with van der Waals surface area (Å²) >= 11 is 3.43. The lowest BCUT2D eigenvalue weighted by Gasteiger charge is -2.21. The van der Waals surface area contributed by atoms with E-state index >= 15 is 0 Å². The molecule has 2 unspecified atom stereocenters. The summed E-state index contributed by atoms with van der Waals surface area (Å²) in [6.45, 7) is 3.20. The van der Waals surface area contributed by atoms with Crippen molar-refractivity contribution in [2.45, 2.75) is 37.9 Å². The Morgan fingerprint density at radius 2 is 2.25 bits per heavy atom. The van der Waals surface area contributed by atoms with Crippen molar-refractivity contribution in [3.63, 3.8) is 0 Å². The molecule has 0 aromatic heterocycles. The lowest BCUT2D eigenvalue weighted by atomic mass is 10.1. The molecule has 2 saturated heterocycles. The zero-order chi connectivity index (χ0) is 14.1. The third-order valence-electron chi connectivity index (χ3n) is 4.41. The van der Waals surface area contributed by atoms with Gasteiger partial charge in [-0.25, -0.2) is 0 Å². The molecule has 2 aliphatic rings. The van der Waals surface area contributed by atoms with Crippen LogP contribution >= 0.6 is 15.9 Å². The number of rotatable bonds is 4. The van der Waals surface area contributed by atoms with Crippen LogP contribution in [-0.4, -0.2) is 35.0 Å². The Morgan fingerprint density at radius 1 is 1.40 bits per heavy atom. The van der Waals surface area contributed by atoms with E-state index in [2.05, 4.69) is 26.1 Å². The minimum atomic E-state index is -0.366. The van der Waals surface area contributed by atoms with Gasteiger partial charge in [-0.15, -0.1) is 0 Å². The summed E-state index contributed by atoms with van der Waals surface area (Å²) in [4.78, 5) is 12.9. The van der Waals surface area contributed by atoms with Crippen molar-refractivity contribution in [3.8, 4) is 0 Å². The molecule has 1 aromatic carbocycles. The fourth-order valence-electron chi connectivity index (χ4n) is 3.35. The number of benzene rings is 1. The molecule has 5 nitrogen and oxygen atoms in total. The second-order valence-electron chi connectivity index (χ2n) is 5.55. The number of halogens is 1. The van der Waals surface area contributed by atoms with Crippen molar-refractivity contribution in [1.82, 2.24) is 10.2 Å². The summed E-state index contributed by atoms with van der Waals surface area (Å²) in [7, 11) is 0. The van der Waals surface area contributed by atoms with E-state index in [0.29, 0.717) is 12.1 Å². The summed E-state index contributed by atoms with van der Waals surface area (Å²) in [5.41, 5.74) is 1.20. The lowest BCUT2D eigenvalue weighted by molar-refractivity contribution is -0.384. The van der Waals surface area contributed by atoms with Gasteiger partial charge >= 0.3 is 0 Å². The zero-order valence-electron chi connectivity index (χ0n) is 11.2. The van der Waals surface area contributed by atoms with Crippen molar-refractivity contribution < 1.29 is 4.92 Å². The molecule has 0 radical (unpaired) electrons. The number of hydrogen-bond donors (Lipinski definition) is 1. The van der Waals surface area contributed by atoms with Crippen molar-refractivity contribution in [1.29, 1.82) is 0 Å². The molecule has 0 bridgehead atoms. The summed E-state index contributed by atoms with van der Waals surface area (Å²) in [5, 5.41) is 14.3. The Hall–Kier alpha value is -0.980. The Kier molecular flexibility index (Phi) is 4.05. The van der Waals surface area contributed by atoms with Crippen LogP contribution in [-0.2, 0) is 6.54 Å². The maximum absolute atomic E-state index is 10.7. The standard InChI is InChI=1S/C14H18BrN3O2/c15-12-8-11(18(19)20)4-3-10(12)9-16-13-5-7-17-6-1-2-14(13)17/h3-4,8,13-14,16H,1-2,5-7,9H2. The van der Waals surface area contributed by atoms with Crippen molar-refractivity contribution in [2.75, 3.05) is 13.1 Å². The fourth-order valence-corrected chi connectivity index (χ4v) is 3.86. The van der Waals surface area contributed by atoms with Crippen molar-refractivity contribution in [2.24, 2.45) is 0 Å². The minimum Gasteiger partial charge on any atom is -0.308 e. The van der Waals surface area contributed by atoms with Gasteiger partial charge in [-0.2, -0.15) is 0 Å². The summed E-state index contributed by atoms with van der Waals surface area (Å²) in [6.07, 6.45) is 3.80. The first-order valence-electron chi connectivity index (χ1n) is 7.05. The Labute approximate surface area is 126 Å². The second-order valence-corrected chi connectivity index (χ2v) is 6.41. The summed E-state index contributed by atoms with van der Waals surface area (Å²) < 4.78 is 0.806. The van der Waals surface area contributed by atoms with Gasteiger partial charge in [-0.05, 0) is 37.4 Å². The smallest absolute Gasteiger partial charge is 0.270 e. The molecular formula is C14H18BrN3O2. The Bertz CT molecular complexity index is 523. The molecule has 20 heavy (non-hydrogen) atoms. The molecule has 2 aliphatic heterocycles. The highest BCUT2D eigenvalue weighted by Crippen LogP contribution is 2.29. The van der Waals surface area contributed by atoms with Gasteiger partial charge in [0, 0.05) is 41.8 Å². The van der Waals surface area contributed by atoms with Crippen LogP contribution in [0.4, 0.5) is 5.69 Å². The molecule has 2 atom stereocenters. The summed E-state index contributed by atoms with van der Waals surface area (Å²) in [6, 6.07) is 6.22. The topological polar surface area (TPSA) is 58.4 Å². The van der Waals surface area contributed by atoms with E-state index in [1.165, 1.54) is 32.4 Å². The normalized spacial score (nSPS) is 25.9. The van der Waals surface area contributed by atoms with E-state index in [9.17, 15) is 10.1 Å². The van der Waals surface area contributed by atoms with Crippen LogP contribution in [0.5, 0.6) is 0 Å². The highest BCUT2D eigenvalue weighted by molar-refractivity contribution is 9.10. The van der Waals surface area contributed by atoms with Crippen LogP contribution in [0.15, 0.2) is 22.7 Å². The molecular weight excluding hydrogens is 322 g/mol. The molecule has 0 amide bonds. The number of fused-ring (bicyclic) bond motifs is 1. The van der Waals surface area contributed by atoms with Crippen LogP contribution in [0, 0.1) is 10.1 Å². The van der Waals surface area contributed by atoms with E-state index in [-0.39, 0.29) is 10.6 Å². The van der Waals surface area contributed by atoms with E-state index in [4.69, 9.17) is 0 Å². The van der Waals surface area contributed by atoms with Gasteiger partial charge in [0.1, 0.15) is 0 Å². The molecule has 0 saturated carbocycles. The van der Waals surface area contributed by atoms with E-state index in [0.717, 1.165) is 16.6 Å². The number of hydrogen-bond acceptors (Lipinski definition) is 4. The number of nitro benzene ring substituents is 1. The monoisotopic (exact) mass is 339 g/mol. The first kappa shape index (κ1) is 14.0. The number of nitro groups is 1. The number of nitrogens with zero attached hydrogens (tertiary/aromatic N) is 2. The summed E-state index contributed by atoms with van der Waals surface area (Å²) in [5.74, 6) is 0. The Morgan fingerprint density at radius 3 is 3.00 bits per heavy atom. The first-order chi connectivity index (χ1) is 9.65. The maximum Gasteiger partial charge on any atom is 0.270 e. The molecule has 2 fully saturated rings. The molecule has 1 aromatic rings. The highest BCUT2D eigenvalue weighted by atomic mass is 79.9.